The van der Waals surface area contributed by atoms with E-state index in [1.165, 1.54) is 17.2 Å². The topological polar surface area (TPSA) is 113 Å². The molecule has 2 rings (SSSR count). The van der Waals surface area contributed by atoms with Crippen LogP contribution in [-0.2, 0) is 0 Å². The molecule has 7 heteroatoms. The van der Waals surface area contributed by atoms with Crippen molar-refractivity contribution in [1.29, 1.82) is 0 Å². The third kappa shape index (κ3) is 1.62. The molecule has 0 atom stereocenters. The molecule has 0 aliphatic heterocycles. The van der Waals surface area contributed by atoms with Crippen molar-refractivity contribution in [1.82, 2.24) is 19.7 Å². The second-order valence-electron chi connectivity index (χ2n) is 2.79. The average Bonchev–Trinajstić information content (AvgIpc) is 2.65. The Bertz CT molecular complexity index is 505. The molecular weight excluding hydrogens is 196 g/mol. The van der Waals surface area contributed by atoms with Gasteiger partial charge in [-0.15, -0.1) is 5.10 Å². The Labute approximate surface area is 84.7 Å². The predicted molar refractivity (Wildman–Crippen MR) is 52.1 cm³/mol. The van der Waals surface area contributed by atoms with Gasteiger partial charge in [0.1, 0.15) is 6.33 Å². The molecule has 0 fully saturated rings. The fraction of sp³-hybridized carbons (Fsp3) is 0. The Morgan fingerprint density at radius 1 is 1.40 bits per heavy atom. The van der Waals surface area contributed by atoms with E-state index in [0.717, 1.165) is 0 Å². The molecule has 0 bridgehead atoms. The van der Waals surface area contributed by atoms with E-state index in [4.69, 9.17) is 11.5 Å². The van der Waals surface area contributed by atoms with Crippen molar-refractivity contribution in [3.05, 3.63) is 30.2 Å². The minimum Gasteiger partial charge on any atom is -0.366 e. The van der Waals surface area contributed by atoms with E-state index in [-0.39, 0.29) is 11.5 Å². The summed E-state index contributed by atoms with van der Waals surface area (Å²) in [5.41, 5.74) is 10.8. The van der Waals surface area contributed by atoms with Crippen molar-refractivity contribution in [2.45, 2.75) is 0 Å². The van der Waals surface area contributed by atoms with E-state index < -0.39 is 5.91 Å². The van der Waals surface area contributed by atoms with Crippen LogP contribution in [0, 0.1) is 0 Å². The van der Waals surface area contributed by atoms with Crippen LogP contribution in [0.3, 0.4) is 0 Å². The summed E-state index contributed by atoms with van der Waals surface area (Å²) < 4.78 is 1.30. The van der Waals surface area contributed by atoms with Crippen molar-refractivity contribution < 1.29 is 4.79 Å². The van der Waals surface area contributed by atoms with Crippen LogP contribution in [-0.4, -0.2) is 25.7 Å². The van der Waals surface area contributed by atoms with Crippen LogP contribution in [0.2, 0.25) is 0 Å². The van der Waals surface area contributed by atoms with Gasteiger partial charge in [-0.1, -0.05) is 0 Å². The van der Waals surface area contributed by atoms with Gasteiger partial charge in [0.2, 0.25) is 5.95 Å². The monoisotopic (exact) mass is 204 g/mol. The maximum atomic E-state index is 11.1. The molecule has 2 aromatic rings. The van der Waals surface area contributed by atoms with Crippen molar-refractivity contribution in [2.75, 3.05) is 5.73 Å². The summed E-state index contributed by atoms with van der Waals surface area (Å²) in [6, 6.07) is 3.17. The summed E-state index contributed by atoms with van der Waals surface area (Å²) in [6.07, 6.45) is 2.89. The fourth-order valence-corrected chi connectivity index (χ4v) is 1.15. The molecule has 0 saturated carbocycles. The van der Waals surface area contributed by atoms with Gasteiger partial charge in [0.05, 0.1) is 5.56 Å². The number of nitrogen functional groups attached to an aromatic ring is 1. The molecule has 76 valence electrons. The molecule has 0 saturated heterocycles. The summed E-state index contributed by atoms with van der Waals surface area (Å²) in [6.45, 7) is 0. The zero-order valence-corrected chi connectivity index (χ0v) is 7.66. The first-order chi connectivity index (χ1) is 7.18. The Morgan fingerprint density at radius 3 is 2.80 bits per heavy atom. The Hall–Kier alpha value is -2.44. The van der Waals surface area contributed by atoms with E-state index in [1.807, 2.05) is 0 Å². The van der Waals surface area contributed by atoms with Gasteiger partial charge < -0.3 is 11.5 Å². The minimum absolute atomic E-state index is 0.107. The summed E-state index contributed by atoms with van der Waals surface area (Å²) >= 11 is 0. The smallest absolute Gasteiger partial charge is 0.252 e. The largest absolute Gasteiger partial charge is 0.366 e. The highest BCUT2D eigenvalue weighted by Gasteiger charge is 2.11. The van der Waals surface area contributed by atoms with Gasteiger partial charge in [0.25, 0.3) is 5.91 Å². The highest BCUT2D eigenvalue weighted by molar-refractivity contribution is 5.95. The van der Waals surface area contributed by atoms with Crippen molar-refractivity contribution in [2.24, 2.45) is 5.73 Å². The van der Waals surface area contributed by atoms with Gasteiger partial charge in [0, 0.05) is 6.20 Å². The Balaban J connectivity index is 2.57. The first kappa shape index (κ1) is 9.13. The molecule has 0 aliphatic rings. The number of carbonyl (C=O) groups excluding carboxylic acids is 1. The van der Waals surface area contributed by atoms with Crippen molar-refractivity contribution in [3.8, 4) is 5.82 Å². The van der Waals surface area contributed by atoms with E-state index >= 15 is 0 Å². The van der Waals surface area contributed by atoms with Gasteiger partial charge in [-0.25, -0.2) is 9.97 Å². The number of hydrogen-bond donors (Lipinski definition) is 2. The van der Waals surface area contributed by atoms with Crippen LogP contribution >= 0.6 is 0 Å². The fourth-order valence-electron chi connectivity index (χ4n) is 1.15. The molecule has 0 unspecified atom stereocenters. The van der Waals surface area contributed by atoms with Gasteiger partial charge >= 0.3 is 0 Å². The number of carbonyl (C=O) groups is 1. The molecule has 1 amide bonds. The summed E-state index contributed by atoms with van der Waals surface area (Å²) in [4.78, 5) is 18.8. The number of amides is 1. The molecule has 2 heterocycles. The third-order valence-corrected chi connectivity index (χ3v) is 1.78. The second-order valence-corrected chi connectivity index (χ2v) is 2.79. The van der Waals surface area contributed by atoms with Crippen molar-refractivity contribution >= 4 is 11.9 Å². The quantitative estimate of drug-likeness (QED) is 0.674. The Morgan fingerprint density at radius 2 is 2.20 bits per heavy atom. The molecule has 15 heavy (non-hydrogen) atoms. The van der Waals surface area contributed by atoms with Crippen LogP contribution in [0.1, 0.15) is 10.4 Å². The number of anilines is 1. The number of primary amides is 1. The normalized spacial score (nSPS) is 10.1. The molecule has 2 aromatic heterocycles. The predicted octanol–water partition coefficient (Wildman–Crippen LogP) is -0.657. The molecule has 0 spiro atoms. The molecule has 0 aromatic carbocycles. The maximum Gasteiger partial charge on any atom is 0.252 e. The molecule has 0 aliphatic carbocycles. The van der Waals surface area contributed by atoms with Crippen LogP contribution in [0.25, 0.3) is 5.82 Å². The van der Waals surface area contributed by atoms with Gasteiger partial charge in [-0.3, -0.25) is 4.79 Å². The lowest BCUT2D eigenvalue weighted by Gasteiger charge is -2.03. The first-order valence-electron chi connectivity index (χ1n) is 4.11. The van der Waals surface area contributed by atoms with E-state index in [0.29, 0.717) is 5.82 Å². The second kappa shape index (κ2) is 3.37. The number of hydrogen-bond acceptors (Lipinski definition) is 5. The third-order valence-electron chi connectivity index (χ3n) is 1.78. The average molecular weight is 204 g/mol. The lowest BCUT2D eigenvalue weighted by molar-refractivity contribution is 0.1000. The number of pyridine rings is 1. The van der Waals surface area contributed by atoms with E-state index in [2.05, 4.69) is 15.1 Å². The molecule has 7 nitrogen and oxygen atoms in total. The van der Waals surface area contributed by atoms with Gasteiger partial charge in [0.15, 0.2) is 5.82 Å². The minimum atomic E-state index is -0.577. The van der Waals surface area contributed by atoms with Crippen LogP contribution in [0.5, 0.6) is 0 Å². The zero-order valence-electron chi connectivity index (χ0n) is 7.66. The van der Waals surface area contributed by atoms with Crippen LogP contribution < -0.4 is 11.5 Å². The van der Waals surface area contributed by atoms with Crippen LogP contribution in [0.15, 0.2) is 24.7 Å². The number of nitrogens with zero attached hydrogens (tertiary/aromatic N) is 4. The summed E-state index contributed by atoms with van der Waals surface area (Å²) in [5, 5.41) is 3.84. The lowest BCUT2D eigenvalue weighted by Crippen LogP contribution is -2.16. The lowest BCUT2D eigenvalue weighted by atomic mass is 10.2. The summed E-state index contributed by atoms with van der Waals surface area (Å²) in [7, 11) is 0. The van der Waals surface area contributed by atoms with Crippen LogP contribution in [0.4, 0.5) is 5.95 Å². The standard InChI is InChI=1S/C8H8N6O/c9-6(15)5-2-1-3-11-7(5)14-4-12-8(10)13-14/h1-4H,(H2,9,15)(H2,10,13). The van der Waals surface area contributed by atoms with Gasteiger partial charge in [-0.2, -0.15) is 4.68 Å². The maximum absolute atomic E-state index is 11.1. The van der Waals surface area contributed by atoms with E-state index in [9.17, 15) is 4.79 Å². The van der Waals surface area contributed by atoms with E-state index in [1.54, 1.807) is 12.1 Å². The SMILES string of the molecule is NC(=O)c1cccnc1-n1cnc(N)n1. The zero-order chi connectivity index (χ0) is 10.8. The number of rotatable bonds is 2. The Kier molecular flexibility index (Phi) is 2.05. The number of aromatic nitrogens is 4. The molecule has 0 radical (unpaired) electrons. The highest BCUT2D eigenvalue weighted by atomic mass is 16.1. The first-order valence-corrected chi connectivity index (χ1v) is 4.11. The molecule has 4 N–H and O–H groups in total. The molecular formula is C8H8N6O. The van der Waals surface area contributed by atoms with Crippen molar-refractivity contribution in [3.63, 3.8) is 0 Å². The van der Waals surface area contributed by atoms with Gasteiger partial charge in [-0.05, 0) is 12.1 Å². The highest BCUT2D eigenvalue weighted by Crippen LogP contribution is 2.09. The number of nitrogens with two attached hydrogens (primary N) is 2. The summed E-state index contributed by atoms with van der Waals surface area (Å²) in [5.74, 6) is -0.155.